The van der Waals surface area contributed by atoms with Gasteiger partial charge in [0.2, 0.25) is 0 Å². The third-order valence-corrected chi connectivity index (χ3v) is 3.76. The van der Waals surface area contributed by atoms with Crippen LogP contribution in [0.4, 0.5) is 0 Å². The van der Waals surface area contributed by atoms with Crippen LogP contribution in [0, 0.1) is 0 Å². The summed E-state index contributed by atoms with van der Waals surface area (Å²) in [5, 5.41) is 0.856. The lowest BCUT2D eigenvalue weighted by Gasteiger charge is -2.05. The van der Waals surface area contributed by atoms with Crippen LogP contribution in [0.5, 0.6) is 5.75 Å². The van der Waals surface area contributed by atoms with Gasteiger partial charge in [-0.3, -0.25) is 4.79 Å². The van der Waals surface area contributed by atoms with Crippen molar-refractivity contribution in [1.82, 2.24) is 0 Å². The number of ether oxygens (including phenoxy) is 1. The number of benzene rings is 2. The second kappa shape index (κ2) is 6.78. The molecule has 0 fully saturated rings. The first-order chi connectivity index (χ1) is 9.60. The van der Waals surface area contributed by atoms with Crippen LogP contribution >= 0.6 is 23.2 Å². The minimum atomic E-state index is 0.0476. The third kappa shape index (κ3) is 3.75. The molecule has 0 bridgehead atoms. The lowest BCUT2D eigenvalue weighted by molar-refractivity contribution is 0.0983. The zero-order valence-corrected chi connectivity index (χ0v) is 12.5. The summed E-state index contributed by atoms with van der Waals surface area (Å²) < 4.78 is 5.16. The molecular formula is C16H14Cl2O2. The van der Waals surface area contributed by atoms with Crippen LogP contribution in [-0.2, 0) is 6.42 Å². The minimum Gasteiger partial charge on any atom is -0.497 e. The molecule has 0 radical (unpaired) electrons. The van der Waals surface area contributed by atoms with Gasteiger partial charge in [-0.15, -0.1) is 0 Å². The van der Waals surface area contributed by atoms with E-state index in [4.69, 9.17) is 27.9 Å². The summed E-state index contributed by atoms with van der Waals surface area (Å²) in [4.78, 5) is 12.1. The van der Waals surface area contributed by atoms with Crippen molar-refractivity contribution in [3.05, 3.63) is 63.6 Å². The number of hydrogen-bond acceptors (Lipinski definition) is 2. The number of rotatable bonds is 5. The fourth-order valence-corrected chi connectivity index (χ4v) is 2.20. The van der Waals surface area contributed by atoms with Gasteiger partial charge in [-0.05, 0) is 42.3 Å². The van der Waals surface area contributed by atoms with Crippen molar-refractivity contribution in [2.24, 2.45) is 0 Å². The molecule has 0 amide bonds. The number of aryl methyl sites for hydroxylation is 1. The zero-order valence-electron chi connectivity index (χ0n) is 11.0. The summed E-state index contributed by atoms with van der Waals surface area (Å²) in [7, 11) is 1.62. The molecule has 0 aliphatic rings. The van der Waals surface area contributed by atoms with E-state index in [9.17, 15) is 4.79 Å². The third-order valence-electron chi connectivity index (χ3n) is 3.02. The van der Waals surface area contributed by atoms with E-state index < -0.39 is 0 Å². The number of carbonyl (C=O) groups excluding carboxylic acids is 1. The number of hydrogen-bond donors (Lipinski definition) is 0. The van der Waals surface area contributed by atoms with Crippen molar-refractivity contribution < 1.29 is 9.53 Å². The summed E-state index contributed by atoms with van der Waals surface area (Å²) >= 11 is 11.7. The molecule has 0 saturated heterocycles. The summed E-state index contributed by atoms with van der Waals surface area (Å²) in [6.07, 6.45) is 1.08. The predicted molar refractivity (Wildman–Crippen MR) is 82.1 cm³/mol. The highest BCUT2D eigenvalue weighted by atomic mass is 35.5. The molecular weight excluding hydrogens is 295 g/mol. The van der Waals surface area contributed by atoms with Gasteiger partial charge in [-0.2, -0.15) is 0 Å². The second-order valence-corrected chi connectivity index (χ2v) is 5.22. The van der Waals surface area contributed by atoms with Gasteiger partial charge in [0, 0.05) is 12.0 Å². The van der Waals surface area contributed by atoms with Crippen molar-refractivity contribution in [2.75, 3.05) is 7.11 Å². The molecule has 2 aromatic rings. The van der Waals surface area contributed by atoms with Gasteiger partial charge in [0.25, 0.3) is 0 Å². The normalized spacial score (nSPS) is 10.3. The molecule has 0 aliphatic carbocycles. The van der Waals surface area contributed by atoms with Crippen LogP contribution in [0.1, 0.15) is 22.3 Å². The maximum absolute atomic E-state index is 12.1. The summed E-state index contributed by atoms with van der Waals surface area (Å²) in [6, 6.07) is 12.7. The molecule has 0 spiro atoms. The van der Waals surface area contributed by atoms with E-state index in [1.54, 1.807) is 25.3 Å². The highest BCUT2D eigenvalue weighted by molar-refractivity contribution is 6.42. The Morgan fingerprint density at radius 1 is 1.10 bits per heavy atom. The number of carbonyl (C=O) groups is 1. The van der Waals surface area contributed by atoms with Crippen LogP contribution < -0.4 is 4.74 Å². The first-order valence-corrected chi connectivity index (χ1v) is 6.97. The number of halogens is 2. The topological polar surface area (TPSA) is 26.3 Å². The van der Waals surface area contributed by atoms with Crippen LogP contribution in [0.2, 0.25) is 10.0 Å². The standard InChI is InChI=1S/C16H14Cl2O2/c1-20-13-4-2-3-11(9-13)5-8-16(19)12-6-7-14(17)15(18)10-12/h2-4,6-7,9-10H,5,8H2,1H3. The molecule has 0 saturated carbocycles. The Hall–Kier alpha value is -1.51. The Labute approximate surface area is 128 Å². The van der Waals surface area contributed by atoms with Crippen molar-refractivity contribution >= 4 is 29.0 Å². The van der Waals surface area contributed by atoms with Crippen LogP contribution in [0.3, 0.4) is 0 Å². The first kappa shape index (κ1) is 14.9. The summed E-state index contributed by atoms with van der Waals surface area (Å²) in [6.45, 7) is 0. The van der Waals surface area contributed by atoms with E-state index in [-0.39, 0.29) is 5.78 Å². The molecule has 4 heteroatoms. The Morgan fingerprint density at radius 3 is 2.60 bits per heavy atom. The smallest absolute Gasteiger partial charge is 0.163 e. The van der Waals surface area contributed by atoms with Gasteiger partial charge in [0.15, 0.2) is 5.78 Å². The van der Waals surface area contributed by atoms with Crippen LogP contribution in [0.15, 0.2) is 42.5 Å². The zero-order chi connectivity index (χ0) is 14.5. The molecule has 104 valence electrons. The highest BCUT2D eigenvalue weighted by Gasteiger charge is 2.08. The average molecular weight is 309 g/mol. The molecule has 0 aliphatic heterocycles. The Kier molecular flexibility index (Phi) is 5.05. The number of ketones is 1. The van der Waals surface area contributed by atoms with E-state index in [0.29, 0.717) is 28.5 Å². The van der Waals surface area contributed by atoms with Crippen LogP contribution in [0.25, 0.3) is 0 Å². The van der Waals surface area contributed by atoms with Gasteiger partial charge in [0.1, 0.15) is 5.75 Å². The molecule has 2 rings (SSSR count). The predicted octanol–water partition coefficient (Wildman–Crippen LogP) is 4.82. The molecule has 0 aromatic heterocycles. The second-order valence-electron chi connectivity index (χ2n) is 4.40. The lowest BCUT2D eigenvalue weighted by Crippen LogP contribution is -2.01. The fourth-order valence-electron chi connectivity index (χ4n) is 1.90. The van der Waals surface area contributed by atoms with Gasteiger partial charge in [0.05, 0.1) is 17.2 Å². The van der Waals surface area contributed by atoms with Crippen molar-refractivity contribution in [3.63, 3.8) is 0 Å². The van der Waals surface area contributed by atoms with Gasteiger partial charge in [-0.1, -0.05) is 35.3 Å². The van der Waals surface area contributed by atoms with E-state index in [0.717, 1.165) is 11.3 Å². The van der Waals surface area contributed by atoms with Gasteiger partial charge < -0.3 is 4.74 Å². The monoisotopic (exact) mass is 308 g/mol. The average Bonchev–Trinajstić information content (AvgIpc) is 2.47. The Morgan fingerprint density at radius 2 is 1.90 bits per heavy atom. The maximum atomic E-state index is 12.1. The quantitative estimate of drug-likeness (QED) is 0.740. The van der Waals surface area contributed by atoms with Crippen molar-refractivity contribution in [3.8, 4) is 5.75 Å². The largest absolute Gasteiger partial charge is 0.497 e. The summed E-state index contributed by atoms with van der Waals surface area (Å²) in [5.41, 5.74) is 1.65. The van der Waals surface area contributed by atoms with Gasteiger partial charge >= 0.3 is 0 Å². The van der Waals surface area contributed by atoms with E-state index >= 15 is 0 Å². The minimum absolute atomic E-state index is 0.0476. The lowest BCUT2D eigenvalue weighted by atomic mass is 10.0. The first-order valence-electron chi connectivity index (χ1n) is 6.21. The van der Waals surface area contributed by atoms with E-state index in [2.05, 4.69) is 0 Å². The van der Waals surface area contributed by atoms with Crippen molar-refractivity contribution in [2.45, 2.75) is 12.8 Å². The molecule has 0 atom stereocenters. The molecule has 0 heterocycles. The molecule has 2 aromatic carbocycles. The Bertz CT molecular complexity index is 624. The summed E-state index contributed by atoms with van der Waals surface area (Å²) in [5.74, 6) is 0.843. The van der Waals surface area contributed by atoms with E-state index in [1.165, 1.54) is 0 Å². The number of methoxy groups -OCH3 is 1. The van der Waals surface area contributed by atoms with Crippen LogP contribution in [-0.4, -0.2) is 12.9 Å². The van der Waals surface area contributed by atoms with E-state index in [1.807, 2.05) is 24.3 Å². The molecule has 20 heavy (non-hydrogen) atoms. The maximum Gasteiger partial charge on any atom is 0.163 e. The fraction of sp³-hybridized carbons (Fsp3) is 0.188. The molecule has 0 N–H and O–H groups in total. The molecule has 0 unspecified atom stereocenters. The van der Waals surface area contributed by atoms with Gasteiger partial charge in [-0.25, -0.2) is 0 Å². The Balaban J connectivity index is 2.02. The SMILES string of the molecule is COc1cccc(CCC(=O)c2ccc(Cl)c(Cl)c2)c1. The highest BCUT2D eigenvalue weighted by Crippen LogP contribution is 2.23. The molecule has 2 nitrogen and oxygen atoms in total. The number of Topliss-reactive ketones (excluding diaryl/α,β-unsaturated/α-hetero) is 1. The van der Waals surface area contributed by atoms with Crippen molar-refractivity contribution in [1.29, 1.82) is 0 Å².